The monoisotopic (exact) mass is 439 g/mol. The number of hydrogen-bond acceptors (Lipinski definition) is 5. The Labute approximate surface area is 191 Å². The predicted molar refractivity (Wildman–Crippen MR) is 128 cm³/mol. The summed E-state index contributed by atoms with van der Waals surface area (Å²) in [5.74, 6) is 2.83. The second kappa shape index (κ2) is 9.43. The fraction of sp³-hybridized carbons (Fsp3) is 0.600. The summed E-state index contributed by atoms with van der Waals surface area (Å²) in [7, 11) is 2.23. The molecule has 0 bridgehead atoms. The third-order valence-corrected chi connectivity index (χ3v) is 7.51. The van der Waals surface area contributed by atoms with Crippen molar-refractivity contribution in [2.24, 2.45) is 5.92 Å². The van der Waals surface area contributed by atoms with Gasteiger partial charge in [-0.1, -0.05) is 23.7 Å². The molecule has 0 spiro atoms. The highest BCUT2D eigenvalue weighted by atomic mass is 35.5. The molecule has 3 aliphatic rings. The van der Waals surface area contributed by atoms with Crippen molar-refractivity contribution in [3.8, 4) is 11.4 Å². The zero-order valence-electron chi connectivity index (χ0n) is 18.7. The van der Waals surface area contributed by atoms with Crippen LogP contribution in [0.1, 0.15) is 36.9 Å². The third-order valence-electron chi connectivity index (χ3n) is 7.27. The van der Waals surface area contributed by atoms with E-state index in [1.807, 2.05) is 18.2 Å². The molecule has 1 aliphatic carbocycles. The van der Waals surface area contributed by atoms with Crippen molar-refractivity contribution in [3.63, 3.8) is 0 Å². The van der Waals surface area contributed by atoms with Gasteiger partial charge in [0.15, 0.2) is 5.82 Å². The van der Waals surface area contributed by atoms with Gasteiger partial charge in [-0.05, 0) is 63.6 Å². The Hall–Kier alpha value is -1.69. The standard InChI is InChI=1S/C25H34ClN5/c1-29-13-15-30(16-14-29)18-19-9-11-31(12-10-19)25-22-7-2-3-8-23(22)27-24(28-25)20-5-4-6-21(26)17-20/h4-6,17,19H,2-3,7-16,18H2,1H3. The first-order valence-electron chi connectivity index (χ1n) is 12.0. The minimum Gasteiger partial charge on any atom is -0.356 e. The van der Waals surface area contributed by atoms with Crippen LogP contribution >= 0.6 is 11.6 Å². The topological polar surface area (TPSA) is 35.5 Å². The maximum Gasteiger partial charge on any atom is 0.161 e. The van der Waals surface area contributed by atoms with Crippen LogP contribution < -0.4 is 4.90 Å². The van der Waals surface area contributed by atoms with E-state index in [2.05, 4.69) is 27.8 Å². The molecule has 0 N–H and O–H groups in total. The number of anilines is 1. The van der Waals surface area contributed by atoms with Crippen molar-refractivity contribution in [2.75, 3.05) is 57.8 Å². The van der Waals surface area contributed by atoms with Gasteiger partial charge in [0.05, 0.1) is 0 Å². The highest BCUT2D eigenvalue weighted by molar-refractivity contribution is 6.30. The second-order valence-corrected chi connectivity index (χ2v) is 9.98. The number of halogens is 1. The minimum atomic E-state index is 0.741. The van der Waals surface area contributed by atoms with Gasteiger partial charge >= 0.3 is 0 Å². The number of benzene rings is 1. The van der Waals surface area contributed by atoms with Crippen molar-refractivity contribution in [1.29, 1.82) is 0 Å². The molecule has 2 saturated heterocycles. The van der Waals surface area contributed by atoms with Crippen LogP contribution in [0.4, 0.5) is 5.82 Å². The molecule has 0 saturated carbocycles. The molecule has 5 rings (SSSR count). The van der Waals surface area contributed by atoms with E-state index in [1.165, 1.54) is 75.5 Å². The van der Waals surface area contributed by atoms with Crippen LogP contribution in [-0.2, 0) is 12.8 Å². The number of piperidine rings is 1. The number of likely N-dealkylation sites (N-methyl/N-ethyl adjacent to an activating group) is 1. The molecule has 2 aromatic rings. The van der Waals surface area contributed by atoms with Gasteiger partial charge in [0, 0.05) is 67.7 Å². The van der Waals surface area contributed by atoms with Gasteiger partial charge in [-0.2, -0.15) is 0 Å². The number of fused-ring (bicyclic) bond motifs is 1. The predicted octanol–water partition coefficient (Wildman–Crippen LogP) is 4.14. The summed E-state index contributed by atoms with van der Waals surface area (Å²) in [6.07, 6.45) is 7.18. The molecule has 0 radical (unpaired) electrons. The van der Waals surface area contributed by atoms with E-state index in [-0.39, 0.29) is 0 Å². The smallest absolute Gasteiger partial charge is 0.161 e. The van der Waals surface area contributed by atoms with E-state index in [1.54, 1.807) is 0 Å². The molecule has 1 aromatic heterocycles. The number of nitrogens with zero attached hydrogens (tertiary/aromatic N) is 5. The Morgan fingerprint density at radius 3 is 2.52 bits per heavy atom. The van der Waals surface area contributed by atoms with Gasteiger partial charge < -0.3 is 14.7 Å². The molecular formula is C25H34ClN5. The average molecular weight is 440 g/mol. The van der Waals surface area contributed by atoms with Gasteiger partial charge in [0.1, 0.15) is 5.82 Å². The molecule has 0 amide bonds. The first kappa shape index (κ1) is 21.2. The normalized spacial score (nSPS) is 21.3. The SMILES string of the molecule is CN1CCN(CC2CCN(c3nc(-c4cccc(Cl)c4)nc4c3CCCC4)CC2)CC1. The van der Waals surface area contributed by atoms with E-state index in [4.69, 9.17) is 21.6 Å². The van der Waals surface area contributed by atoms with Gasteiger partial charge in [-0.25, -0.2) is 9.97 Å². The number of hydrogen-bond donors (Lipinski definition) is 0. The summed E-state index contributed by atoms with van der Waals surface area (Å²) in [4.78, 5) is 17.7. The molecule has 0 unspecified atom stereocenters. The fourth-order valence-corrected chi connectivity index (χ4v) is 5.51. The molecule has 3 heterocycles. The minimum absolute atomic E-state index is 0.741. The quantitative estimate of drug-likeness (QED) is 0.715. The van der Waals surface area contributed by atoms with Crippen molar-refractivity contribution in [1.82, 2.24) is 19.8 Å². The molecule has 2 fully saturated rings. The maximum atomic E-state index is 6.26. The molecule has 166 valence electrons. The van der Waals surface area contributed by atoms with E-state index in [9.17, 15) is 0 Å². The summed E-state index contributed by atoms with van der Waals surface area (Å²) < 4.78 is 0. The zero-order valence-corrected chi connectivity index (χ0v) is 19.4. The largest absolute Gasteiger partial charge is 0.356 e. The molecule has 5 nitrogen and oxygen atoms in total. The second-order valence-electron chi connectivity index (χ2n) is 9.55. The lowest BCUT2D eigenvalue weighted by molar-refractivity contribution is 0.129. The summed E-state index contributed by atoms with van der Waals surface area (Å²) in [6.45, 7) is 8.33. The first-order chi connectivity index (χ1) is 15.2. The van der Waals surface area contributed by atoms with Crippen molar-refractivity contribution in [3.05, 3.63) is 40.5 Å². The Morgan fingerprint density at radius 1 is 0.968 bits per heavy atom. The molecule has 6 heteroatoms. The lowest BCUT2D eigenvalue weighted by atomic mass is 9.93. The first-order valence-corrected chi connectivity index (χ1v) is 12.3. The van der Waals surface area contributed by atoms with Crippen LogP contribution in [0.2, 0.25) is 5.02 Å². The van der Waals surface area contributed by atoms with Crippen molar-refractivity contribution in [2.45, 2.75) is 38.5 Å². The van der Waals surface area contributed by atoms with Crippen LogP contribution in [0.25, 0.3) is 11.4 Å². The lowest BCUT2D eigenvalue weighted by Gasteiger charge is -2.39. The van der Waals surface area contributed by atoms with Gasteiger partial charge in [0.2, 0.25) is 0 Å². The number of rotatable bonds is 4. The van der Waals surface area contributed by atoms with Gasteiger partial charge in [0.25, 0.3) is 0 Å². The Morgan fingerprint density at radius 2 is 1.74 bits per heavy atom. The molecular weight excluding hydrogens is 406 g/mol. The van der Waals surface area contributed by atoms with E-state index in [0.717, 1.165) is 48.3 Å². The van der Waals surface area contributed by atoms with Crippen LogP contribution in [0.15, 0.2) is 24.3 Å². The van der Waals surface area contributed by atoms with E-state index >= 15 is 0 Å². The molecule has 1 aromatic carbocycles. The Balaban J connectivity index is 1.32. The summed E-state index contributed by atoms with van der Waals surface area (Å²) in [5, 5.41) is 0.741. The average Bonchev–Trinajstić information content (AvgIpc) is 2.80. The van der Waals surface area contributed by atoms with Crippen LogP contribution in [0.3, 0.4) is 0 Å². The molecule has 2 aliphatic heterocycles. The Kier molecular flexibility index (Phi) is 6.44. The van der Waals surface area contributed by atoms with Crippen LogP contribution in [0, 0.1) is 5.92 Å². The summed E-state index contributed by atoms with van der Waals surface area (Å²) in [5.41, 5.74) is 3.67. The number of aryl methyl sites for hydroxylation is 1. The van der Waals surface area contributed by atoms with Crippen molar-refractivity contribution < 1.29 is 0 Å². The number of piperazine rings is 1. The van der Waals surface area contributed by atoms with Gasteiger partial charge in [-0.3, -0.25) is 0 Å². The van der Waals surface area contributed by atoms with Gasteiger partial charge in [-0.15, -0.1) is 0 Å². The highest BCUT2D eigenvalue weighted by Crippen LogP contribution is 2.33. The maximum absolute atomic E-state index is 6.26. The Bertz CT molecular complexity index is 901. The van der Waals surface area contributed by atoms with Crippen LogP contribution in [-0.4, -0.2) is 72.6 Å². The summed E-state index contributed by atoms with van der Waals surface area (Å²) in [6, 6.07) is 7.96. The lowest BCUT2D eigenvalue weighted by Crippen LogP contribution is -2.47. The summed E-state index contributed by atoms with van der Waals surface area (Å²) >= 11 is 6.26. The third kappa shape index (κ3) is 4.89. The highest BCUT2D eigenvalue weighted by Gasteiger charge is 2.27. The van der Waals surface area contributed by atoms with E-state index in [0.29, 0.717) is 0 Å². The zero-order chi connectivity index (χ0) is 21.2. The molecule has 0 atom stereocenters. The van der Waals surface area contributed by atoms with Crippen molar-refractivity contribution >= 4 is 17.4 Å². The fourth-order valence-electron chi connectivity index (χ4n) is 5.32. The van der Waals surface area contributed by atoms with E-state index < -0.39 is 0 Å². The molecule has 31 heavy (non-hydrogen) atoms. The van der Waals surface area contributed by atoms with Crippen LogP contribution in [0.5, 0.6) is 0 Å². The number of aromatic nitrogens is 2.